The maximum atomic E-state index is 14.3. The minimum absolute atomic E-state index is 0.317. The molecule has 3 rings (SSSR count). The van der Waals surface area contributed by atoms with Crippen LogP contribution in [0.1, 0.15) is 54.7 Å². The van der Waals surface area contributed by atoms with E-state index in [1.165, 1.54) is 6.07 Å². The van der Waals surface area contributed by atoms with E-state index in [1.54, 1.807) is 18.2 Å². The number of nitrogens with two attached hydrogens (primary N) is 1. The Hall–Kier alpha value is -2.25. The first-order chi connectivity index (χ1) is 13.6. The molecule has 5 nitrogen and oxygen atoms in total. The molecule has 1 heterocycles. The second kappa shape index (κ2) is 8.24. The van der Waals surface area contributed by atoms with Crippen LogP contribution in [-0.2, 0) is 10.0 Å². The molecule has 0 bridgehead atoms. The third-order valence-electron chi connectivity index (χ3n) is 5.30. The van der Waals surface area contributed by atoms with Crippen LogP contribution >= 0.6 is 0 Å². The van der Waals surface area contributed by atoms with Gasteiger partial charge in [0.05, 0.1) is 6.04 Å². The molecule has 0 aliphatic carbocycles. The first-order valence-corrected chi connectivity index (χ1v) is 11.3. The van der Waals surface area contributed by atoms with Crippen molar-refractivity contribution in [1.82, 2.24) is 4.72 Å². The Kier molecular flexibility index (Phi) is 6.10. The average molecular weight is 418 g/mol. The molecule has 1 saturated heterocycles. The van der Waals surface area contributed by atoms with Crippen LogP contribution in [0.5, 0.6) is 0 Å². The molecule has 2 atom stereocenters. The Bertz CT molecular complexity index is 1000. The van der Waals surface area contributed by atoms with Crippen molar-refractivity contribution in [2.45, 2.75) is 44.9 Å². The topological polar surface area (TPSA) is 84.5 Å². The number of aryl methyl sites for hydroxylation is 1. The number of hydrogen-bond acceptors (Lipinski definition) is 4. The number of hydrogen-bond donors (Lipinski definition) is 2. The van der Waals surface area contributed by atoms with Crippen molar-refractivity contribution in [2.75, 3.05) is 6.54 Å². The van der Waals surface area contributed by atoms with Gasteiger partial charge < -0.3 is 5.73 Å². The van der Waals surface area contributed by atoms with E-state index < -0.39 is 26.7 Å². The van der Waals surface area contributed by atoms with Gasteiger partial charge in [0.2, 0.25) is 10.0 Å². The molecular formula is C22H28FN3O2S. The Morgan fingerprint density at radius 2 is 1.86 bits per heavy atom. The highest BCUT2D eigenvalue weighted by atomic mass is 32.2. The van der Waals surface area contributed by atoms with Crippen molar-refractivity contribution in [2.24, 2.45) is 16.1 Å². The van der Waals surface area contributed by atoms with Gasteiger partial charge in [-0.05, 0) is 36.9 Å². The standard InChI is InChI=1S/C22H28FN3O2S/c1-15-8-10-16(11-9-15)21-22(2,3)14-20(26-29(21,27)28)25-19(12-13-24)17-6-4-5-7-18(17)23/h4-11,19,21H,12-14,24H2,1-3H3,(H,25,26)/t19-,21?/m0/s1. The summed E-state index contributed by atoms with van der Waals surface area (Å²) in [5.41, 5.74) is 7.37. The van der Waals surface area contributed by atoms with Crippen LogP contribution in [0, 0.1) is 18.2 Å². The summed E-state index contributed by atoms with van der Waals surface area (Å²) in [6.07, 6.45) is 0.855. The second-order valence-electron chi connectivity index (χ2n) is 8.29. The largest absolute Gasteiger partial charge is 0.330 e. The average Bonchev–Trinajstić information content (AvgIpc) is 2.61. The van der Waals surface area contributed by atoms with E-state index in [0.717, 1.165) is 11.1 Å². The zero-order valence-corrected chi connectivity index (χ0v) is 17.8. The molecule has 1 aliphatic heterocycles. The maximum Gasteiger partial charge on any atom is 0.241 e. The van der Waals surface area contributed by atoms with Gasteiger partial charge in [0.1, 0.15) is 16.9 Å². The van der Waals surface area contributed by atoms with Crippen molar-refractivity contribution in [3.05, 3.63) is 71.0 Å². The predicted molar refractivity (Wildman–Crippen MR) is 115 cm³/mol. The molecule has 2 aromatic rings. The van der Waals surface area contributed by atoms with Crippen LogP contribution in [-0.4, -0.2) is 20.8 Å². The predicted octanol–water partition coefficient (Wildman–Crippen LogP) is 4.01. The molecule has 2 aromatic carbocycles. The zero-order chi connectivity index (χ0) is 21.2. The molecule has 3 N–H and O–H groups in total. The van der Waals surface area contributed by atoms with Crippen molar-refractivity contribution < 1.29 is 12.8 Å². The first kappa shape index (κ1) is 21.5. The number of nitrogens with zero attached hydrogens (tertiary/aromatic N) is 1. The lowest BCUT2D eigenvalue weighted by Gasteiger charge is -2.39. The van der Waals surface area contributed by atoms with Crippen LogP contribution in [0.25, 0.3) is 0 Å². The summed E-state index contributed by atoms with van der Waals surface area (Å²) in [5, 5.41) is -0.698. The van der Waals surface area contributed by atoms with Gasteiger partial charge in [0.15, 0.2) is 0 Å². The molecule has 0 radical (unpaired) electrons. The smallest absolute Gasteiger partial charge is 0.241 e. The quantitative estimate of drug-likeness (QED) is 0.771. The molecule has 7 heteroatoms. The molecule has 29 heavy (non-hydrogen) atoms. The van der Waals surface area contributed by atoms with Crippen molar-refractivity contribution in [3.8, 4) is 0 Å². The number of aliphatic imine (C=N–C) groups is 1. The molecule has 0 spiro atoms. The number of halogens is 1. The van der Waals surface area contributed by atoms with E-state index in [4.69, 9.17) is 5.73 Å². The van der Waals surface area contributed by atoms with Crippen LogP contribution < -0.4 is 10.5 Å². The van der Waals surface area contributed by atoms with Crippen LogP contribution in [0.4, 0.5) is 4.39 Å². The summed E-state index contributed by atoms with van der Waals surface area (Å²) in [4.78, 5) is 4.60. The van der Waals surface area contributed by atoms with Crippen LogP contribution in [0.15, 0.2) is 53.5 Å². The fourth-order valence-corrected chi connectivity index (χ4v) is 6.04. The van der Waals surface area contributed by atoms with Gasteiger partial charge in [-0.15, -0.1) is 0 Å². The highest BCUT2D eigenvalue weighted by Gasteiger charge is 2.46. The van der Waals surface area contributed by atoms with Crippen molar-refractivity contribution >= 4 is 15.9 Å². The fourth-order valence-electron chi connectivity index (χ4n) is 4.03. The van der Waals surface area contributed by atoms with Gasteiger partial charge in [-0.2, -0.15) is 0 Å². The highest BCUT2D eigenvalue weighted by molar-refractivity contribution is 7.90. The van der Waals surface area contributed by atoms with Gasteiger partial charge in [-0.3, -0.25) is 9.71 Å². The molecular weight excluding hydrogens is 389 g/mol. The zero-order valence-electron chi connectivity index (χ0n) is 17.0. The van der Waals surface area contributed by atoms with Gasteiger partial charge in [-0.1, -0.05) is 61.9 Å². The number of sulfonamides is 1. The van der Waals surface area contributed by atoms with Crippen LogP contribution in [0.3, 0.4) is 0 Å². The molecule has 156 valence electrons. The summed E-state index contributed by atoms with van der Waals surface area (Å²) in [7, 11) is -3.70. The Balaban J connectivity index is 1.97. The first-order valence-electron chi connectivity index (χ1n) is 9.73. The van der Waals surface area contributed by atoms with E-state index in [-0.39, 0.29) is 5.82 Å². The lowest BCUT2D eigenvalue weighted by atomic mass is 9.81. The summed E-state index contributed by atoms with van der Waals surface area (Å²) in [6, 6.07) is 13.4. The summed E-state index contributed by atoms with van der Waals surface area (Å²) < 4.78 is 43.2. The Labute approximate surface area is 172 Å². The number of benzene rings is 2. The van der Waals surface area contributed by atoms with E-state index in [0.29, 0.717) is 30.8 Å². The lowest BCUT2D eigenvalue weighted by Crippen LogP contribution is -2.48. The lowest BCUT2D eigenvalue weighted by molar-refractivity contribution is 0.342. The van der Waals surface area contributed by atoms with Gasteiger partial charge in [0, 0.05) is 12.0 Å². The van der Waals surface area contributed by atoms with E-state index in [9.17, 15) is 12.8 Å². The molecule has 1 unspecified atom stereocenters. The Morgan fingerprint density at radius 1 is 1.21 bits per heavy atom. The molecule has 0 saturated carbocycles. The van der Waals surface area contributed by atoms with Crippen LogP contribution in [0.2, 0.25) is 0 Å². The van der Waals surface area contributed by atoms with Gasteiger partial charge in [0.25, 0.3) is 0 Å². The summed E-state index contributed by atoms with van der Waals surface area (Å²) in [5.74, 6) is -0.0224. The summed E-state index contributed by atoms with van der Waals surface area (Å²) in [6.45, 7) is 6.13. The minimum Gasteiger partial charge on any atom is -0.330 e. The normalized spacial score (nSPS) is 22.8. The molecule has 0 aromatic heterocycles. The number of nitrogens with one attached hydrogen (secondary N) is 1. The minimum atomic E-state index is -3.70. The number of rotatable bonds is 5. The third kappa shape index (κ3) is 4.67. The fraction of sp³-hybridized carbons (Fsp3) is 0.409. The van der Waals surface area contributed by atoms with Gasteiger partial charge >= 0.3 is 0 Å². The molecule has 0 amide bonds. The van der Waals surface area contributed by atoms with E-state index in [1.807, 2.05) is 45.0 Å². The summed E-state index contributed by atoms with van der Waals surface area (Å²) >= 11 is 0. The van der Waals surface area contributed by atoms with E-state index >= 15 is 0 Å². The van der Waals surface area contributed by atoms with Crippen molar-refractivity contribution in [3.63, 3.8) is 0 Å². The van der Waals surface area contributed by atoms with Gasteiger partial charge in [-0.25, -0.2) is 12.8 Å². The SMILES string of the molecule is Cc1ccc(C2C(C)(C)CC(=N[C@@H](CCN)c3ccccc3F)NS2(=O)=O)cc1. The molecule has 1 fully saturated rings. The second-order valence-corrected chi connectivity index (χ2v) is 10.1. The van der Waals surface area contributed by atoms with Crippen molar-refractivity contribution in [1.29, 1.82) is 0 Å². The maximum absolute atomic E-state index is 14.3. The number of amidine groups is 1. The Morgan fingerprint density at radius 3 is 2.45 bits per heavy atom. The van der Waals surface area contributed by atoms with E-state index in [2.05, 4.69) is 9.71 Å². The monoisotopic (exact) mass is 417 g/mol. The molecule has 1 aliphatic rings. The third-order valence-corrected chi connectivity index (χ3v) is 7.35. The highest BCUT2D eigenvalue weighted by Crippen LogP contribution is 2.45.